The highest BCUT2D eigenvalue weighted by Gasteiger charge is 2.12. The summed E-state index contributed by atoms with van der Waals surface area (Å²) < 4.78 is 28.2. The third-order valence-corrected chi connectivity index (χ3v) is 2.99. The summed E-state index contributed by atoms with van der Waals surface area (Å²) in [6.07, 6.45) is 0. The Bertz CT molecular complexity index is 711. The van der Waals surface area contributed by atoms with Crippen molar-refractivity contribution in [3.8, 4) is 5.69 Å². The predicted octanol–water partition coefficient (Wildman–Crippen LogP) is 2.32. The van der Waals surface area contributed by atoms with Gasteiger partial charge in [0.15, 0.2) is 5.82 Å². The maximum atomic E-state index is 13.9. The van der Waals surface area contributed by atoms with Crippen LogP contribution in [0.15, 0.2) is 29.1 Å². The summed E-state index contributed by atoms with van der Waals surface area (Å²) in [7, 11) is 0. The van der Waals surface area contributed by atoms with Crippen molar-refractivity contribution in [1.82, 2.24) is 15.1 Å². The molecule has 1 N–H and O–H groups in total. The summed E-state index contributed by atoms with van der Waals surface area (Å²) in [5, 5.41) is 7.28. The van der Waals surface area contributed by atoms with Crippen LogP contribution in [0.4, 0.5) is 8.78 Å². The molecule has 2 aromatic rings. The summed E-state index contributed by atoms with van der Waals surface area (Å²) in [4.78, 5) is 11.9. The van der Waals surface area contributed by atoms with Gasteiger partial charge in [0.05, 0.1) is 0 Å². The highest BCUT2D eigenvalue weighted by molar-refractivity contribution is 5.34. The van der Waals surface area contributed by atoms with Gasteiger partial charge in [-0.3, -0.25) is 4.79 Å². The fourth-order valence-electron chi connectivity index (χ4n) is 1.90. The molecule has 1 heterocycles. The van der Waals surface area contributed by atoms with Crippen molar-refractivity contribution in [1.29, 1.82) is 0 Å². The SMILES string of the molecule is Cc1cc(=O)c(CNC(C)C)nn1-c1ccc(F)cc1F. The van der Waals surface area contributed by atoms with E-state index in [1.54, 1.807) is 6.92 Å². The first-order valence-corrected chi connectivity index (χ1v) is 6.67. The van der Waals surface area contributed by atoms with Gasteiger partial charge in [0, 0.05) is 30.4 Å². The predicted molar refractivity (Wildman–Crippen MR) is 76.5 cm³/mol. The molecule has 0 aliphatic rings. The molecule has 0 saturated carbocycles. The van der Waals surface area contributed by atoms with Gasteiger partial charge in [0.25, 0.3) is 0 Å². The van der Waals surface area contributed by atoms with E-state index in [1.165, 1.54) is 16.8 Å². The van der Waals surface area contributed by atoms with E-state index in [1.807, 2.05) is 13.8 Å². The van der Waals surface area contributed by atoms with Gasteiger partial charge in [-0.25, -0.2) is 13.5 Å². The monoisotopic (exact) mass is 293 g/mol. The second-order valence-electron chi connectivity index (χ2n) is 5.14. The lowest BCUT2D eigenvalue weighted by molar-refractivity contribution is 0.554. The maximum absolute atomic E-state index is 13.9. The number of hydrogen-bond donors (Lipinski definition) is 1. The third kappa shape index (κ3) is 3.52. The second-order valence-corrected chi connectivity index (χ2v) is 5.14. The summed E-state index contributed by atoms with van der Waals surface area (Å²) in [6, 6.07) is 4.84. The van der Waals surface area contributed by atoms with Crippen LogP contribution in [-0.2, 0) is 6.54 Å². The highest BCUT2D eigenvalue weighted by Crippen LogP contribution is 2.15. The first-order valence-electron chi connectivity index (χ1n) is 6.67. The number of benzene rings is 1. The zero-order chi connectivity index (χ0) is 15.6. The molecule has 21 heavy (non-hydrogen) atoms. The van der Waals surface area contributed by atoms with Crippen LogP contribution in [0.25, 0.3) is 5.69 Å². The van der Waals surface area contributed by atoms with Crippen LogP contribution in [0.3, 0.4) is 0 Å². The quantitative estimate of drug-likeness (QED) is 0.941. The van der Waals surface area contributed by atoms with Gasteiger partial charge in [0.1, 0.15) is 17.2 Å². The van der Waals surface area contributed by atoms with Gasteiger partial charge in [-0.15, -0.1) is 0 Å². The Hall–Kier alpha value is -2.08. The van der Waals surface area contributed by atoms with Crippen LogP contribution in [-0.4, -0.2) is 15.8 Å². The van der Waals surface area contributed by atoms with Crippen LogP contribution in [0.2, 0.25) is 0 Å². The van der Waals surface area contributed by atoms with Crippen LogP contribution in [0.5, 0.6) is 0 Å². The van der Waals surface area contributed by atoms with E-state index in [4.69, 9.17) is 0 Å². The van der Waals surface area contributed by atoms with E-state index in [2.05, 4.69) is 10.4 Å². The number of rotatable bonds is 4. The highest BCUT2D eigenvalue weighted by atomic mass is 19.1. The van der Waals surface area contributed by atoms with E-state index in [0.717, 1.165) is 12.1 Å². The fraction of sp³-hybridized carbons (Fsp3) is 0.333. The molecule has 0 radical (unpaired) electrons. The molecule has 0 bridgehead atoms. The Morgan fingerprint density at radius 3 is 2.62 bits per heavy atom. The molecule has 1 aromatic carbocycles. The van der Waals surface area contributed by atoms with E-state index >= 15 is 0 Å². The van der Waals surface area contributed by atoms with Crippen LogP contribution in [0, 0.1) is 18.6 Å². The number of aryl methyl sites for hydroxylation is 1. The zero-order valence-corrected chi connectivity index (χ0v) is 12.2. The van der Waals surface area contributed by atoms with Gasteiger partial charge < -0.3 is 5.32 Å². The molecule has 0 unspecified atom stereocenters. The number of halogens is 2. The lowest BCUT2D eigenvalue weighted by Gasteiger charge is -2.13. The molecule has 0 aliphatic carbocycles. The van der Waals surface area contributed by atoms with E-state index in [9.17, 15) is 13.6 Å². The Morgan fingerprint density at radius 2 is 2.00 bits per heavy atom. The van der Waals surface area contributed by atoms with Gasteiger partial charge in [-0.05, 0) is 19.1 Å². The molecule has 1 aromatic heterocycles. The van der Waals surface area contributed by atoms with Crippen molar-refractivity contribution < 1.29 is 8.78 Å². The van der Waals surface area contributed by atoms with E-state index in [0.29, 0.717) is 12.2 Å². The molecule has 112 valence electrons. The fourth-order valence-corrected chi connectivity index (χ4v) is 1.90. The number of hydrogen-bond acceptors (Lipinski definition) is 3. The summed E-state index contributed by atoms with van der Waals surface area (Å²) >= 11 is 0. The lowest BCUT2D eigenvalue weighted by Crippen LogP contribution is -2.28. The molecule has 4 nitrogen and oxygen atoms in total. The molecular formula is C15H17F2N3O. The third-order valence-electron chi connectivity index (χ3n) is 2.99. The molecule has 0 spiro atoms. The number of nitrogens with one attached hydrogen (secondary N) is 1. The Kier molecular flexibility index (Phi) is 4.47. The smallest absolute Gasteiger partial charge is 0.204 e. The van der Waals surface area contributed by atoms with Crippen molar-refractivity contribution in [2.24, 2.45) is 0 Å². The summed E-state index contributed by atoms with van der Waals surface area (Å²) in [5.74, 6) is -1.38. The lowest BCUT2D eigenvalue weighted by atomic mass is 10.2. The molecule has 0 amide bonds. The molecular weight excluding hydrogens is 276 g/mol. The average molecular weight is 293 g/mol. The minimum atomic E-state index is -0.725. The van der Waals surface area contributed by atoms with Crippen molar-refractivity contribution in [3.05, 3.63) is 57.5 Å². The first-order chi connectivity index (χ1) is 9.88. The Morgan fingerprint density at radius 1 is 1.29 bits per heavy atom. The topological polar surface area (TPSA) is 46.9 Å². The first kappa shape index (κ1) is 15.3. The van der Waals surface area contributed by atoms with Gasteiger partial charge in [0.2, 0.25) is 5.43 Å². The largest absolute Gasteiger partial charge is 0.309 e. The average Bonchev–Trinajstić information content (AvgIpc) is 2.38. The molecule has 0 atom stereocenters. The standard InChI is InChI=1S/C15H17F2N3O/c1-9(2)18-8-13-15(21)6-10(3)20(19-13)14-5-4-11(16)7-12(14)17/h4-7,9,18H,8H2,1-3H3. The summed E-state index contributed by atoms with van der Waals surface area (Å²) in [5.41, 5.74) is 0.677. The Labute approximate surface area is 121 Å². The normalized spacial score (nSPS) is 11.1. The van der Waals surface area contributed by atoms with Crippen molar-refractivity contribution >= 4 is 0 Å². The minimum Gasteiger partial charge on any atom is -0.309 e. The Balaban J connectivity index is 2.48. The summed E-state index contributed by atoms with van der Waals surface area (Å²) in [6.45, 7) is 5.84. The maximum Gasteiger partial charge on any atom is 0.204 e. The molecule has 0 saturated heterocycles. The van der Waals surface area contributed by atoms with Crippen LogP contribution >= 0.6 is 0 Å². The van der Waals surface area contributed by atoms with E-state index < -0.39 is 11.6 Å². The molecule has 2 rings (SSSR count). The number of nitrogens with zero attached hydrogens (tertiary/aromatic N) is 2. The van der Waals surface area contributed by atoms with Crippen LogP contribution < -0.4 is 10.7 Å². The van der Waals surface area contributed by atoms with Gasteiger partial charge in [-0.1, -0.05) is 13.8 Å². The molecule has 0 fully saturated rings. The molecule has 6 heteroatoms. The van der Waals surface area contributed by atoms with E-state index in [-0.39, 0.29) is 22.9 Å². The van der Waals surface area contributed by atoms with Gasteiger partial charge >= 0.3 is 0 Å². The number of aromatic nitrogens is 2. The van der Waals surface area contributed by atoms with Gasteiger partial charge in [-0.2, -0.15) is 5.10 Å². The van der Waals surface area contributed by atoms with Crippen LogP contribution in [0.1, 0.15) is 25.2 Å². The second kappa shape index (κ2) is 6.13. The molecule has 0 aliphatic heterocycles. The minimum absolute atomic E-state index is 0.111. The van der Waals surface area contributed by atoms with Crippen molar-refractivity contribution in [3.63, 3.8) is 0 Å². The zero-order valence-electron chi connectivity index (χ0n) is 12.2. The van der Waals surface area contributed by atoms with Crippen molar-refractivity contribution in [2.45, 2.75) is 33.4 Å². The van der Waals surface area contributed by atoms with Crippen molar-refractivity contribution in [2.75, 3.05) is 0 Å².